The topological polar surface area (TPSA) is 78.6 Å². The first-order chi connectivity index (χ1) is 13.0. The largest absolute Gasteiger partial charge is 0.358 e. The van der Waals surface area contributed by atoms with Crippen LogP contribution in [0.4, 0.5) is 4.39 Å². The lowest BCUT2D eigenvalue weighted by Gasteiger charge is -2.03. The number of benzene rings is 2. The third-order valence-corrected chi connectivity index (χ3v) is 4.62. The lowest BCUT2D eigenvalue weighted by atomic mass is 10.0. The Morgan fingerprint density at radius 1 is 1.15 bits per heavy atom. The van der Waals surface area contributed by atoms with Gasteiger partial charge in [-0.2, -0.15) is 5.10 Å². The summed E-state index contributed by atoms with van der Waals surface area (Å²) in [5, 5.41) is 7.80. The summed E-state index contributed by atoms with van der Waals surface area (Å²) >= 11 is 5.94. The van der Waals surface area contributed by atoms with Gasteiger partial charge in [-0.05, 0) is 29.8 Å². The molecule has 0 aliphatic carbocycles. The summed E-state index contributed by atoms with van der Waals surface area (Å²) < 4.78 is 13.9. The van der Waals surface area contributed by atoms with Crippen molar-refractivity contribution in [2.45, 2.75) is 6.42 Å². The monoisotopic (exact) mass is 381 g/mol. The van der Waals surface area contributed by atoms with Crippen molar-refractivity contribution in [2.24, 2.45) is 0 Å². The van der Waals surface area contributed by atoms with Crippen LogP contribution in [0.2, 0.25) is 5.02 Å². The summed E-state index contributed by atoms with van der Waals surface area (Å²) in [4.78, 5) is 27.8. The van der Waals surface area contributed by atoms with Gasteiger partial charge in [0, 0.05) is 23.6 Å². The summed E-state index contributed by atoms with van der Waals surface area (Å²) in [6.45, 7) is 0. The molecule has 5 nitrogen and oxygen atoms in total. The van der Waals surface area contributed by atoms with E-state index in [1.54, 1.807) is 6.20 Å². The first kappa shape index (κ1) is 17.2. The average molecular weight is 382 g/mol. The fraction of sp³-hybridized carbons (Fsp3) is 0.0500. The van der Waals surface area contributed by atoms with Gasteiger partial charge in [0.15, 0.2) is 11.6 Å². The van der Waals surface area contributed by atoms with Crippen molar-refractivity contribution in [3.05, 3.63) is 88.1 Å². The SMILES string of the molecule is O=C(Cc1ccc2cn[nH]c2c1)c1cc(C(=O)c2c(F)cccc2Cl)c[nH]1. The number of nitrogens with zero attached hydrogens (tertiary/aromatic N) is 1. The van der Waals surface area contributed by atoms with Gasteiger partial charge in [0.2, 0.25) is 0 Å². The molecule has 0 spiro atoms. The molecule has 7 heteroatoms. The van der Waals surface area contributed by atoms with E-state index in [9.17, 15) is 14.0 Å². The van der Waals surface area contributed by atoms with Gasteiger partial charge in [0.25, 0.3) is 0 Å². The number of carbonyl (C=O) groups is 2. The zero-order valence-corrected chi connectivity index (χ0v) is 14.7. The Labute approximate surface area is 158 Å². The normalized spacial score (nSPS) is 11.0. The van der Waals surface area contributed by atoms with Gasteiger partial charge >= 0.3 is 0 Å². The highest BCUT2D eigenvalue weighted by Crippen LogP contribution is 2.23. The molecule has 0 fully saturated rings. The molecule has 4 aromatic rings. The zero-order valence-electron chi connectivity index (χ0n) is 13.9. The van der Waals surface area contributed by atoms with E-state index >= 15 is 0 Å². The van der Waals surface area contributed by atoms with E-state index in [4.69, 9.17) is 11.6 Å². The van der Waals surface area contributed by atoms with Crippen LogP contribution in [0.3, 0.4) is 0 Å². The van der Waals surface area contributed by atoms with E-state index in [2.05, 4.69) is 15.2 Å². The molecule has 0 aliphatic rings. The molecule has 0 saturated carbocycles. The van der Waals surface area contributed by atoms with Crippen molar-refractivity contribution in [1.29, 1.82) is 0 Å². The summed E-state index contributed by atoms with van der Waals surface area (Å²) in [7, 11) is 0. The first-order valence-electron chi connectivity index (χ1n) is 8.15. The number of carbonyl (C=O) groups excluding carboxylic acids is 2. The first-order valence-corrected chi connectivity index (χ1v) is 8.53. The third-order valence-electron chi connectivity index (χ3n) is 4.31. The van der Waals surface area contributed by atoms with E-state index in [-0.39, 0.29) is 34.0 Å². The van der Waals surface area contributed by atoms with Crippen LogP contribution >= 0.6 is 11.6 Å². The number of rotatable bonds is 5. The highest BCUT2D eigenvalue weighted by Gasteiger charge is 2.20. The Hall–Kier alpha value is -3.25. The fourth-order valence-corrected chi connectivity index (χ4v) is 3.17. The molecule has 27 heavy (non-hydrogen) atoms. The lowest BCUT2D eigenvalue weighted by molar-refractivity contribution is 0.0988. The smallest absolute Gasteiger partial charge is 0.199 e. The van der Waals surface area contributed by atoms with Crippen LogP contribution in [0.5, 0.6) is 0 Å². The Bertz CT molecular complexity index is 1160. The van der Waals surface area contributed by atoms with Crippen LogP contribution in [0, 0.1) is 5.82 Å². The molecule has 0 amide bonds. The van der Waals surface area contributed by atoms with Crippen molar-refractivity contribution in [1.82, 2.24) is 15.2 Å². The predicted octanol–water partition coefficient (Wildman–Crippen LogP) is 4.34. The van der Waals surface area contributed by atoms with Crippen molar-refractivity contribution in [3.8, 4) is 0 Å². The molecule has 2 aromatic heterocycles. The van der Waals surface area contributed by atoms with E-state index in [1.165, 1.54) is 30.5 Å². The Morgan fingerprint density at radius 2 is 2.00 bits per heavy atom. The van der Waals surface area contributed by atoms with Gasteiger partial charge in [-0.3, -0.25) is 14.7 Å². The molecule has 0 aliphatic heterocycles. The van der Waals surface area contributed by atoms with E-state index < -0.39 is 11.6 Å². The van der Waals surface area contributed by atoms with Crippen LogP contribution in [-0.4, -0.2) is 26.7 Å². The van der Waals surface area contributed by atoms with Gasteiger partial charge in [-0.1, -0.05) is 29.8 Å². The van der Waals surface area contributed by atoms with Gasteiger partial charge in [-0.25, -0.2) is 4.39 Å². The second-order valence-corrected chi connectivity index (χ2v) is 6.53. The quantitative estimate of drug-likeness (QED) is 0.505. The number of ketones is 2. The molecule has 2 N–H and O–H groups in total. The predicted molar refractivity (Wildman–Crippen MR) is 99.8 cm³/mol. The molecule has 0 bridgehead atoms. The number of aromatic nitrogens is 3. The number of Topliss-reactive ketones (excluding diaryl/α,β-unsaturated/α-hetero) is 1. The Kier molecular flexibility index (Phi) is 4.33. The lowest BCUT2D eigenvalue weighted by Crippen LogP contribution is -2.05. The fourth-order valence-electron chi connectivity index (χ4n) is 2.92. The maximum absolute atomic E-state index is 13.9. The third kappa shape index (κ3) is 3.27. The minimum Gasteiger partial charge on any atom is -0.358 e. The second kappa shape index (κ2) is 6.81. The number of fused-ring (bicyclic) bond motifs is 1. The zero-order chi connectivity index (χ0) is 19.0. The summed E-state index contributed by atoms with van der Waals surface area (Å²) in [6, 6.07) is 11.0. The molecule has 134 valence electrons. The maximum Gasteiger partial charge on any atom is 0.199 e. The molecule has 0 radical (unpaired) electrons. The minimum atomic E-state index is -0.700. The highest BCUT2D eigenvalue weighted by atomic mass is 35.5. The number of aromatic amines is 2. The van der Waals surface area contributed by atoms with Crippen molar-refractivity contribution in [3.63, 3.8) is 0 Å². The van der Waals surface area contributed by atoms with Crippen molar-refractivity contribution in [2.75, 3.05) is 0 Å². The van der Waals surface area contributed by atoms with E-state index in [1.807, 2.05) is 18.2 Å². The van der Waals surface area contributed by atoms with Crippen LogP contribution in [0.25, 0.3) is 10.9 Å². The molecule has 0 atom stereocenters. The average Bonchev–Trinajstić information content (AvgIpc) is 3.30. The van der Waals surface area contributed by atoms with Gasteiger partial charge in [0.1, 0.15) is 5.82 Å². The molecule has 2 heterocycles. The Morgan fingerprint density at radius 3 is 2.81 bits per heavy atom. The molecule has 2 aromatic carbocycles. The van der Waals surface area contributed by atoms with Crippen LogP contribution in [0.15, 0.2) is 54.9 Å². The van der Waals surface area contributed by atoms with Gasteiger partial charge in [-0.15, -0.1) is 0 Å². The summed E-state index contributed by atoms with van der Waals surface area (Å²) in [5.41, 5.74) is 1.90. The van der Waals surface area contributed by atoms with Crippen molar-refractivity contribution >= 4 is 34.1 Å². The van der Waals surface area contributed by atoms with Gasteiger partial charge < -0.3 is 4.98 Å². The Balaban J connectivity index is 1.56. The van der Waals surface area contributed by atoms with Crippen LogP contribution in [0.1, 0.15) is 32.0 Å². The number of halogens is 2. The van der Waals surface area contributed by atoms with E-state index in [0.717, 1.165) is 16.5 Å². The molecular formula is C20H13ClFN3O2. The van der Waals surface area contributed by atoms with Gasteiger partial charge in [0.05, 0.1) is 28.0 Å². The summed E-state index contributed by atoms with van der Waals surface area (Å²) in [6.07, 6.45) is 3.25. The molecule has 0 saturated heterocycles. The van der Waals surface area contributed by atoms with Crippen LogP contribution < -0.4 is 0 Å². The number of hydrogen-bond acceptors (Lipinski definition) is 3. The maximum atomic E-state index is 13.9. The number of nitrogens with one attached hydrogen (secondary N) is 2. The minimum absolute atomic E-state index is 0.0296. The standard InChI is InChI=1S/C20H13ClFN3O2/c21-14-2-1-3-15(22)19(14)20(27)13-8-17(23-9-13)18(26)7-11-4-5-12-10-24-25-16(12)6-11/h1-6,8-10,23H,7H2,(H,24,25). The summed E-state index contributed by atoms with van der Waals surface area (Å²) in [5.74, 6) is -1.46. The number of H-pyrrole nitrogens is 2. The van der Waals surface area contributed by atoms with E-state index in [0.29, 0.717) is 0 Å². The highest BCUT2D eigenvalue weighted by molar-refractivity contribution is 6.35. The van der Waals surface area contributed by atoms with Crippen molar-refractivity contribution < 1.29 is 14.0 Å². The number of hydrogen-bond donors (Lipinski definition) is 2. The molecule has 4 rings (SSSR count). The second-order valence-electron chi connectivity index (χ2n) is 6.12. The van der Waals surface area contributed by atoms with Crippen LogP contribution in [-0.2, 0) is 6.42 Å². The molecular weight excluding hydrogens is 369 g/mol. The molecule has 0 unspecified atom stereocenters.